The molecular formula is C33H54N2O14. The predicted molar refractivity (Wildman–Crippen MR) is 177 cm³/mol. The van der Waals surface area contributed by atoms with Gasteiger partial charge in [0.1, 0.15) is 23.7 Å². The summed E-state index contributed by atoms with van der Waals surface area (Å²) in [4.78, 5) is 55.7. The maximum atomic E-state index is 11.8. The van der Waals surface area contributed by atoms with Crippen LogP contribution in [0.5, 0.6) is 5.75 Å². The molecule has 3 atom stereocenters. The van der Waals surface area contributed by atoms with Gasteiger partial charge in [0.15, 0.2) is 6.10 Å². The van der Waals surface area contributed by atoms with Gasteiger partial charge in [-0.05, 0) is 38.5 Å². The SMILES string of the molecule is CN(CCOCCOCCC=O)C(=O)OC(C)(C)C.CNc1cc(CO)ccc1OC1CC(OC(C)=O)CC(C(=O)OC)O1.COC(C)=O. The van der Waals surface area contributed by atoms with Crippen LogP contribution in [-0.4, -0.2) is 126 Å². The fourth-order valence-corrected chi connectivity index (χ4v) is 3.74. The molecule has 3 unspecified atom stereocenters. The third-order valence-electron chi connectivity index (χ3n) is 6.12. The molecule has 1 aliphatic heterocycles. The van der Waals surface area contributed by atoms with E-state index < -0.39 is 36.0 Å². The highest BCUT2D eigenvalue weighted by Crippen LogP contribution is 2.31. The average molecular weight is 703 g/mol. The number of anilines is 1. The molecule has 1 amide bonds. The van der Waals surface area contributed by atoms with Crippen LogP contribution in [0.2, 0.25) is 0 Å². The lowest BCUT2D eigenvalue weighted by Crippen LogP contribution is -2.44. The van der Waals surface area contributed by atoms with Gasteiger partial charge in [-0.1, -0.05) is 6.07 Å². The van der Waals surface area contributed by atoms with Gasteiger partial charge >= 0.3 is 24.0 Å². The third kappa shape index (κ3) is 21.6. The number of rotatable bonds is 15. The highest BCUT2D eigenvalue weighted by molar-refractivity contribution is 5.75. The lowest BCUT2D eigenvalue weighted by Gasteiger charge is -2.33. The van der Waals surface area contributed by atoms with Crippen molar-refractivity contribution in [1.29, 1.82) is 0 Å². The van der Waals surface area contributed by atoms with Crippen molar-refractivity contribution in [2.24, 2.45) is 0 Å². The molecule has 0 saturated carbocycles. The average Bonchev–Trinajstić information content (AvgIpc) is 3.04. The first-order valence-electron chi connectivity index (χ1n) is 15.7. The van der Waals surface area contributed by atoms with E-state index in [1.807, 2.05) is 20.8 Å². The van der Waals surface area contributed by atoms with E-state index in [1.54, 1.807) is 32.3 Å². The number of benzene rings is 1. The largest absolute Gasteiger partial charge is 0.469 e. The van der Waals surface area contributed by atoms with E-state index in [9.17, 15) is 29.1 Å². The number of esters is 3. The lowest BCUT2D eigenvalue weighted by molar-refractivity contribution is -0.204. The number of hydrogen-bond acceptors (Lipinski definition) is 15. The number of nitrogens with one attached hydrogen (secondary N) is 1. The van der Waals surface area contributed by atoms with Gasteiger partial charge in [-0.2, -0.15) is 0 Å². The maximum Gasteiger partial charge on any atom is 0.410 e. The molecule has 16 heteroatoms. The van der Waals surface area contributed by atoms with Crippen molar-refractivity contribution in [1.82, 2.24) is 4.90 Å². The Bertz CT molecular complexity index is 1140. The summed E-state index contributed by atoms with van der Waals surface area (Å²) >= 11 is 0. The molecule has 0 bridgehead atoms. The van der Waals surface area contributed by atoms with Crippen molar-refractivity contribution in [2.75, 3.05) is 66.6 Å². The van der Waals surface area contributed by atoms with Gasteiger partial charge in [-0.15, -0.1) is 0 Å². The zero-order chi connectivity index (χ0) is 37.4. The number of aliphatic hydroxyl groups is 1. The number of aliphatic hydroxyl groups excluding tert-OH is 1. The first-order valence-corrected chi connectivity index (χ1v) is 15.7. The fourth-order valence-electron chi connectivity index (χ4n) is 3.74. The molecule has 2 rings (SSSR count). The Balaban J connectivity index is 0.000000852. The summed E-state index contributed by atoms with van der Waals surface area (Å²) < 4.78 is 41.2. The van der Waals surface area contributed by atoms with Crippen LogP contribution in [0.15, 0.2) is 18.2 Å². The Kier molecular flexibility index (Phi) is 23.0. The second-order valence-electron chi connectivity index (χ2n) is 11.4. The number of ether oxygens (including phenoxy) is 8. The first-order chi connectivity index (χ1) is 23.1. The maximum absolute atomic E-state index is 11.8. The van der Waals surface area contributed by atoms with Gasteiger partial charge < -0.3 is 58.0 Å². The Labute approximate surface area is 288 Å². The highest BCUT2D eigenvalue weighted by atomic mass is 16.7. The minimum Gasteiger partial charge on any atom is -0.469 e. The van der Waals surface area contributed by atoms with E-state index in [-0.39, 0.29) is 31.5 Å². The predicted octanol–water partition coefficient (Wildman–Crippen LogP) is 2.86. The van der Waals surface area contributed by atoms with E-state index in [1.165, 1.54) is 33.0 Å². The summed E-state index contributed by atoms with van der Waals surface area (Å²) in [5.74, 6) is -0.728. The third-order valence-corrected chi connectivity index (χ3v) is 6.12. The van der Waals surface area contributed by atoms with Crippen LogP contribution in [0.25, 0.3) is 0 Å². The van der Waals surface area contributed by atoms with E-state index in [2.05, 4.69) is 10.1 Å². The number of aldehydes is 1. The summed E-state index contributed by atoms with van der Waals surface area (Å²) in [7, 11) is 6.01. The lowest BCUT2D eigenvalue weighted by atomic mass is 10.0. The molecule has 49 heavy (non-hydrogen) atoms. The van der Waals surface area contributed by atoms with E-state index in [4.69, 9.17) is 33.2 Å². The van der Waals surface area contributed by atoms with Gasteiger partial charge in [0.2, 0.25) is 6.29 Å². The molecule has 1 aromatic carbocycles. The number of likely N-dealkylation sites (N-methyl/N-ethyl adjacent to an activating group) is 1. The summed E-state index contributed by atoms with van der Waals surface area (Å²) in [6.07, 6.45) is -0.796. The van der Waals surface area contributed by atoms with Crippen LogP contribution in [0.3, 0.4) is 0 Å². The molecule has 16 nitrogen and oxygen atoms in total. The molecule has 1 fully saturated rings. The van der Waals surface area contributed by atoms with Crippen LogP contribution in [0, 0.1) is 0 Å². The van der Waals surface area contributed by atoms with E-state index in [0.29, 0.717) is 50.8 Å². The molecule has 1 aromatic rings. The molecule has 0 aromatic heterocycles. The van der Waals surface area contributed by atoms with Crippen molar-refractivity contribution in [3.05, 3.63) is 23.8 Å². The summed E-state index contributed by atoms with van der Waals surface area (Å²) in [6.45, 7) is 10.3. The van der Waals surface area contributed by atoms with Crippen LogP contribution in [0.4, 0.5) is 10.5 Å². The zero-order valence-corrected chi connectivity index (χ0v) is 30.1. The van der Waals surface area contributed by atoms with Crippen molar-refractivity contribution >= 4 is 36.0 Å². The molecule has 2 N–H and O–H groups in total. The number of nitrogens with zero attached hydrogens (tertiary/aromatic N) is 1. The van der Waals surface area contributed by atoms with Crippen molar-refractivity contribution in [3.8, 4) is 5.75 Å². The Morgan fingerprint density at radius 3 is 2.14 bits per heavy atom. The Morgan fingerprint density at radius 2 is 1.63 bits per heavy atom. The second kappa shape index (κ2) is 25.0. The molecule has 0 aliphatic carbocycles. The number of carbonyl (C=O) groups is 5. The normalized spacial score (nSPS) is 16.7. The Morgan fingerprint density at radius 1 is 1.00 bits per heavy atom. The molecule has 1 aliphatic rings. The van der Waals surface area contributed by atoms with Crippen molar-refractivity contribution in [3.63, 3.8) is 0 Å². The van der Waals surface area contributed by atoms with Crippen LogP contribution >= 0.6 is 0 Å². The van der Waals surface area contributed by atoms with E-state index in [0.717, 1.165) is 11.8 Å². The van der Waals surface area contributed by atoms with Crippen LogP contribution in [0.1, 0.15) is 59.4 Å². The number of amides is 1. The smallest absolute Gasteiger partial charge is 0.410 e. The minimum atomic E-state index is -0.872. The fraction of sp³-hybridized carbons (Fsp3) is 0.667. The number of methoxy groups -OCH3 is 2. The highest BCUT2D eigenvalue weighted by Gasteiger charge is 2.37. The first kappa shape index (κ1) is 45.0. The molecule has 280 valence electrons. The molecule has 0 spiro atoms. The molecular weight excluding hydrogens is 648 g/mol. The van der Waals surface area contributed by atoms with Crippen LogP contribution < -0.4 is 10.1 Å². The molecule has 1 saturated heterocycles. The zero-order valence-electron chi connectivity index (χ0n) is 30.1. The minimum absolute atomic E-state index is 0.0895. The van der Waals surface area contributed by atoms with Gasteiger partial charge in [0.05, 0.1) is 52.9 Å². The summed E-state index contributed by atoms with van der Waals surface area (Å²) in [5, 5.41) is 12.2. The summed E-state index contributed by atoms with van der Waals surface area (Å²) in [5.41, 5.74) is 0.907. The topological polar surface area (TPSA) is 195 Å². The number of carbonyl (C=O) groups excluding carboxylic acids is 5. The quantitative estimate of drug-likeness (QED) is 0.117. The van der Waals surface area contributed by atoms with Crippen molar-refractivity contribution in [2.45, 2.75) is 84.6 Å². The van der Waals surface area contributed by atoms with Gasteiger partial charge in [-0.3, -0.25) is 9.59 Å². The second-order valence-corrected chi connectivity index (χ2v) is 11.4. The Hall–Kier alpha value is -3.99. The standard InChI is InChI=1S/C17H23NO7.C13H25NO5.C3H6O2/c1-10(20)23-12-7-15(17(21)22-3)25-16(8-12)24-14-5-4-11(9-19)6-13(14)18-2;1-13(2,3)19-12(16)14(4)6-9-18-11-10-17-8-5-7-15;1-3(4)5-2/h4-6,12,15-16,18-19H,7-9H2,1-3H3;7H,5-6,8-11H2,1-4H3;1-2H3. The molecule has 1 heterocycles. The van der Waals surface area contributed by atoms with E-state index >= 15 is 0 Å². The van der Waals surface area contributed by atoms with Gasteiger partial charge in [-0.25, -0.2) is 9.59 Å². The monoisotopic (exact) mass is 702 g/mol. The molecule has 0 radical (unpaired) electrons. The summed E-state index contributed by atoms with van der Waals surface area (Å²) in [6, 6.07) is 5.17. The number of hydrogen-bond donors (Lipinski definition) is 2. The van der Waals surface area contributed by atoms with Gasteiger partial charge in [0, 0.05) is 53.8 Å². The van der Waals surface area contributed by atoms with Crippen LogP contribution in [-0.2, 0) is 58.9 Å². The van der Waals surface area contributed by atoms with Crippen molar-refractivity contribution < 1.29 is 67.0 Å². The van der Waals surface area contributed by atoms with Gasteiger partial charge in [0.25, 0.3) is 0 Å².